The number of nitrogens with zero attached hydrogens (tertiary/aromatic N) is 2. The normalized spacial score (nSPS) is 11.9. The van der Waals surface area contributed by atoms with Crippen LogP contribution >= 0.6 is 11.6 Å². The second kappa shape index (κ2) is 7.96. The standard InChI is InChI=1S/C21H17ClN4OS/c1-14-6-12-17(13-7-14)28(27)26-21-20(23-16-10-8-15(22)9-11-16)24-18-4-2-3-5-19(18)25-21/h2-13H,1H3,(H,23,24)(H,25,26). The number of nitrogens with one attached hydrogen (secondary N) is 2. The van der Waals surface area contributed by atoms with Crippen LogP contribution in [-0.4, -0.2) is 14.2 Å². The van der Waals surface area contributed by atoms with Crippen LogP contribution in [0.4, 0.5) is 17.3 Å². The summed E-state index contributed by atoms with van der Waals surface area (Å²) in [6, 6.07) is 22.3. The zero-order chi connectivity index (χ0) is 19.5. The molecule has 3 aromatic carbocycles. The monoisotopic (exact) mass is 408 g/mol. The number of fused-ring (bicyclic) bond motifs is 1. The van der Waals surface area contributed by atoms with E-state index in [9.17, 15) is 4.21 Å². The summed E-state index contributed by atoms with van der Waals surface area (Å²) in [5.74, 6) is 0.897. The number of hydrogen-bond acceptors (Lipinski definition) is 4. The molecule has 0 fully saturated rings. The third kappa shape index (κ3) is 4.13. The molecule has 1 heterocycles. The molecule has 0 radical (unpaired) electrons. The lowest BCUT2D eigenvalue weighted by Crippen LogP contribution is -2.10. The Balaban J connectivity index is 1.71. The van der Waals surface area contributed by atoms with Crippen molar-refractivity contribution in [3.05, 3.63) is 83.4 Å². The van der Waals surface area contributed by atoms with Gasteiger partial charge in [-0.1, -0.05) is 41.4 Å². The van der Waals surface area contributed by atoms with Crippen LogP contribution in [0.1, 0.15) is 5.56 Å². The number of benzene rings is 3. The lowest BCUT2D eigenvalue weighted by atomic mass is 10.2. The van der Waals surface area contributed by atoms with Crippen molar-refractivity contribution in [1.29, 1.82) is 0 Å². The van der Waals surface area contributed by atoms with E-state index in [1.807, 2.05) is 67.6 Å². The van der Waals surface area contributed by atoms with Gasteiger partial charge in [0.25, 0.3) is 0 Å². The van der Waals surface area contributed by atoms with Crippen LogP contribution < -0.4 is 10.0 Å². The van der Waals surface area contributed by atoms with Gasteiger partial charge in [0.1, 0.15) is 0 Å². The van der Waals surface area contributed by atoms with Gasteiger partial charge in [-0.3, -0.25) is 4.72 Å². The van der Waals surface area contributed by atoms with Crippen molar-refractivity contribution in [2.24, 2.45) is 0 Å². The number of halogens is 1. The Bertz CT molecular complexity index is 1150. The topological polar surface area (TPSA) is 66.9 Å². The second-order valence-electron chi connectivity index (χ2n) is 6.23. The fraction of sp³-hybridized carbons (Fsp3) is 0.0476. The van der Waals surface area contributed by atoms with Crippen molar-refractivity contribution in [3.8, 4) is 0 Å². The van der Waals surface area contributed by atoms with E-state index >= 15 is 0 Å². The lowest BCUT2D eigenvalue weighted by Gasteiger charge is -2.13. The van der Waals surface area contributed by atoms with Gasteiger partial charge in [0.05, 0.1) is 15.9 Å². The minimum Gasteiger partial charge on any atom is -0.337 e. The summed E-state index contributed by atoms with van der Waals surface area (Å²) in [5.41, 5.74) is 3.37. The Morgan fingerprint density at radius 3 is 2.07 bits per heavy atom. The molecule has 4 aromatic rings. The lowest BCUT2D eigenvalue weighted by molar-refractivity contribution is 0.686. The summed E-state index contributed by atoms with van der Waals surface area (Å²) in [6.07, 6.45) is 0. The molecular weight excluding hydrogens is 392 g/mol. The maximum absolute atomic E-state index is 12.8. The van der Waals surface area contributed by atoms with Crippen LogP contribution in [0.25, 0.3) is 11.0 Å². The zero-order valence-electron chi connectivity index (χ0n) is 15.0. The predicted octanol–water partition coefficient (Wildman–Crippen LogP) is 5.47. The number of hydrogen-bond donors (Lipinski definition) is 2. The maximum Gasteiger partial charge on any atom is 0.182 e. The van der Waals surface area contributed by atoms with Gasteiger partial charge < -0.3 is 5.32 Å². The van der Waals surface area contributed by atoms with E-state index in [4.69, 9.17) is 11.6 Å². The average molecular weight is 409 g/mol. The first-order chi connectivity index (χ1) is 13.6. The highest BCUT2D eigenvalue weighted by atomic mass is 35.5. The Kier molecular flexibility index (Phi) is 5.23. The molecule has 0 bridgehead atoms. The van der Waals surface area contributed by atoms with Gasteiger partial charge in [-0.15, -0.1) is 0 Å². The van der Waals surface area contributed by atoms with Crippen LogP contribution in [0, 0.1) is 6.92 Å². The maximum atomic E-state index is 12.8. The third-order valence-electron chi connectivity index (χ3n) is 4.10. The van der Waals surface area contributed by atoms with Crippen molar-refractivity contribution in [2.75, 3.05) is 10.0 Å². The Morgan fingerprint density at radius 2 is 1.43 bits per heavy atom. The number of anilines is 3. The Morgan fingerprint density at radius 1 is 0.821 bits per heavy atom. The Labute approximate surface area is 170 Å². The molecule has 5 nitrogen and oxygen atoms in total. The van der Waals surface area contributed by atoms with Gasteiger partial charge in [-0.2, -0.15) is 0 Å². The van der Waals surface area contributed by atoms with Crippen LogP contribution in [-0.2, 0) is 11.0 Å². The van der Waals surface area contributed by atoms with Crippen molar-refractivity contribution in [2.45, 2.75) is 11.8 Å². The fourth-order valence-corrected chi connectivity index (χ4v) is 3.58. The summed E-state index contributed by atoms with van der Waals surface area (Å²) >= 11 is 5.96. The third-order valence-corrected chi connectivity index (χ3v) is 5.43. The molecule has 0 saturated carbocycles. The summed E-state index contributed by atoms with van der Waals surface area (Å²) < 4.78 is 15.8. The first-order valence-corrected chi connectivity index (χ1v) is 10.2. The second-order valence-corrected chi connectivity index (χ2v) is 7.87. The first kappa shape index (κ1) is 18.4. The molecule has 140 valence electrons. The molecule has 0 spiro atoms. The van der Waals surface area contributed by atoms with Crippen LogP contribution in [0.3, 0.4) is 0 Å². The van der Waals surface area contributed by atoms with Gasteiger partial charge in [-0.05, 0) is 55.5 Å². The number of para-hydroxylation sites is 2. The smallest absolute Gasteiger partial charge is 0.182 e. The van der Waals surface area contributed by atoms with E-state index in [2.05, 4.69) is 20.0 Å². The van der Waals surface area contributed by atoms with E-state index in [-0.39, 0.29) is 0 Å². The molecule has 1 atom stereocenters. The van der Waals surface area contributed by atoms with Gasteiger partial charge in [-0.25, -0.2) is 14.2 Å². The van der Waals surface area contributed by atoms with Crippen molar-refractivity contribution in [1.82, 2.24) is 9.97 Å². The average Bonchev–Trinajstić information content (AvgIpc) is 2.70. The van der Waals surface area contributed by atoms with Crippen molar-refractivity contribution >= 4 is 50.9 Å². The summed E-state index contributed by atoms with van der Waals surface area (Å²) in [4.78, 5) is 9.93. The van der Waals surface area contributed by atoms with Crippen molar-refractivity contribution < 1.29 is 4.21 Å². The number of aromatic nitrogens is 2. The SMILES string of the molecule is Cc1ccc(S(=O)Nc2nc3ccccc3nc2Nc2ccc(Cl)cc2)cc1. The van der Waals surface area contributed by atoms with E-state index in [0.29, 0.717) is 27.1 Å². The Hall–Kier alpha value is -2.96. The molecule has 0 saturated heterocycles. The molecule has 0 amide bonds. The molecule has 1 aromatic heterocycles. The highest BCUT2D eigenvalue weighted by Gasteiger charge is 2.13. The van der Waals surface area contributed by atoms with E-state index < -0.39 is 11.0 Å². The molecule has 0 aliphatic carbocycles. The minimum atomic E-state index is -1.47. The quantitative estimate of drug-likeness (QED) is 0.459. The molecule has 2 N–H and O–H groups in total. The van der Waals surface area contributed by atoms with Crippen LogP contribution in [0.5, 0.6) is 0 Å². The van der Waals surface area contributed by atoms with Crippen LogP contribution in [0.15, 0.2) is 77.7 Å². The summed E-state index contributed by atoms with van der Waals surface area (Å²) in [5, 5.41) is 3.88. The summed E-state index contributed by atoms with van der Waals surface area (Å²) in [6.45, 7) is 1.99. The minimum absolute atomic E-state index is 0.410. The molecule has 1 unspecified atom stereocenters. The van der Waals surface area contributed by atoms with Gasteiger partial charge in [0, 0.05) is 10.7 Å². The molecule has 7 heteroatoms. The van der Waals surface area contributed by atoms with E-state index in [1.165, 1.54) is 0 Å². The first-order valence-electron chi connectivity index (χ1n) is 8.63. The zero-order valence-corrected chi connectivity index (χ0v) is 16.6. The molecule has 4 rings (SSSR count). The fourth-order valence-electron chi connectivity index (χ4n) is 2.64. The van der Waals surface area contributed by atoms with E-state index in [0.717, 1.165) is 16.8 Å². The highest BCUT2D eigenvalue weighted by Crippen LogP contribution is 2.26. The van der Waals surface area contributed by atoms with Gasteiger partial charge in [0.15, 0.2) is 22.6 Å². The molecule has 28 heavy (non-hydrogen) atoms. The number of aryl methyl sites for hydroxylation is 1. The summed E-state index contributed by atoms with van der Waals surface area (Å²) in [7, 11) is -1.47. The molecular formula is C21H17ClN4OS. The molecule has 0 aliphatic heterocycles. The number of rotatable bonds is 5. The largest absolute Gasteiger partial charge is 0.337 e. The predicted molar refractivity (Wildman–Crippen MR) is 115 cm³/mol. The van der Waals surface area contributed by atoms with Gasteiger partial charge >= 0.3 is 0 Å². The van der Waals surface area contributed by atoms with Gasteiger partial charge in [0.2, 0.25) is 0 Å². The van der Waals surface area contributed by atoms with Crippen molar-refractivity contribution in [3.63, 3.8) is 0 Å². The van der Waals surface area contributed by atoms with E-state index in [1.54, 1.807) is 12.1 Å². The molecule has 0 aliphatic rings. The highest BCUT2D eigenvalue weighted by molar-refractivity contribution is 7.86. The van der Waals surface area contributed by atoms with Crippen LogP contribution in [0.2, 0.25) is 5.02 Å².